The molecule has 24 heavy (non-hydrogen) atoms. The van der Waals surface area contributed by atoms with E-state index in [4.69, 9.17) is 4.42 Å². The molecule has 0 spiro atoms. The summed E-state index contributed by atoms with van der Waals surface area (Å²) in [5, 5.41) is 9.89. The van der Waals surface area contributed by atoms with Crippen LogP contribution in [0.4, 0.5) is 8.78 Å². The highest BCUT2D eigenvalue weighted by atomic mass is 32.2. The SMILES string of the molecule is CSc1ccc(C(=O)[C@@H](C#N)c2nc3ccccc3n2C(F)F)o1. The Balaban J connectivity index is 2.11. The molecule has 0 N–H and O–H groups in total. The van der Waals surface area contributed by atoms with Gasteiger partial charge in [0.15, 0.2) is 16.8 Å². The van der Waals surface area contributed by atoms with Gasteiger partial charge in [-0.1, -0.05) is 23.9 Å². The fourth-order valence-electron chi connectivity index (χ4n) is 2.41. The molecule has 3 aromatic rings. The van der Waals surface area contributed by atoms with Crippen LogP contribution in [0.25, 0.3) is 11.0 Å². The van der Waals surface area contributed by atoms with Crippen molar-refractivity contribution in [3.05, 3.63) is 48.0 Å². The van der Waals surface area contributed by atoms with Crippen LogP contribution in [0, 0.1) is 11.3 Å². The average Bonchev–Trinajstić information content (AvgIpc) is 3.19. The second-order valence-corrected chi connectivity index (χ2v) is 5.67. The molecule has 8 heteroatoms. The first-order valence-electron chi connectivity index (χ1n) is 6.89. The second kappa shape index (κ2) is 6.45. The molecular formula is C16H11F2N3O2S. The summed E-state index contributed by atoms with van der Waals surface area (Å²) in [6, 6.07) is 11.0. The lowest BCUT2D eigenvalue weighted by Crippen LogP contribution is -2.17. The number of carbonyl (C=O) groups is 1. The summed E-state index contributed by atoms with van der Waals surface area (Å²) in [4.78, 5) is 16.6. The number of Topliss-reactive ketones (excluding diaryl/α,β-unsaturated/α-hetero) is 1. The van der Waals surface area contributed by atoms with E-state index >= 15 is 0 Å². The summed E-state index contributed by atoms with van der Waals surface area (Å²) in [5.41, 5.74) is 0.463. The quantitative estimate of drug-likeness (QED) is 0.510. The first-order chi connectivity index (χ1) is 11.6. The minimum Gasteiger partial charge on any atom is -0.447 e. The lowest BCUT2D eigenvalue weighted by atomic mass is 10.0. The maximum atomic E-state index is 13.5. The summed E-state index contributed by atoms with van der Waals surface area (Å²) in [6.45, 7) is -2.92. The average molecular weight is 347 g/mol. The Labute approximate surface area is 139 Å². The number of furan rings is 1. The fourth-order valence-corrected chi connectivity index (χ4v) is 2.79. The van der Waals surface area contributed by atoms with Crippen molar-refractivity contribution >= 4 is 28.6 Å². The number of alkyl halides is 2. The van der Waals surface area contributed by atoms with Crippen LogP contribution in [0.1, 0.15) is 28.8 Å². The van der Waals surface area contributed by atoms with E-state index in [1.165, 1.54) is 23.9 Å². The normalized spacial score (nSPS) is 12.5. The van der Waals surface area contributed by atoms with Crippen LogP contribution in [0.3, 0.4) is 0 Å². The largest absolute Gasteiger partial charge is 0.447 e. The number of nitrogens with zero attached hydrogens (tertiary/aromatic N) is 3. The number of halogens is 2. The molecule has 2 heterocycles. The lowest BCUT2D eigenvalue weighted by Gasteiger charge is -2.10. The van der Waals surface area contributed by atoms with E-state index in [0.29, 0.717) is 15.2 Å². The van der Waals surface area contributed by atoms with Gasteiger partial charge in [-0.05, 0) is 30.5 Å². The van der Waals surface area contributed by atoms with Crippen molar-refractivity contribution in [2.24, 2.45) is 0 Å². The fraction of sp³-hybridized carbons (Fsp3) is 0.188. The number of hydrogen-bond acceptors (Lipinski definition) is 5. The molecule has 1 atom stereocenters. The molecule has 2 aromatic heterocycles. The van der Waals surface area contributed by atoms with Gasteiger partial charge < -0.3 is 4.42 Å². The number of thioether (sulfide) groups is 1. The molecule has 0 unspecified atom stereocenters. The van der Waals surface area contributed by atoms with Crippen molar-refractivity contribution in [3.63, 3.8) is 0 Å². The molecule has 1 aromatic carbocycles. The molecule has 0 amide bonds. The summed E-state index contributed by atoms with van der Waals surface area (Å²) in [7, 11) is 0. The number of benzene rings is 1. The maximum absolute atomic E-state index is 13.5. The molecule has 0 aliphatic carbocycles. The van der Waals surface area contributed by atoms with Crippen LogP contribution in [0.15, 0.2) is 45.9 Å². The Morgan fingerprint density at radius 3 is 2.71 bits per heavy atom. The van der Waals surface area contributed by atoms with Crippen LogP contribution in [0.2, 0.25) is 0 Å². The van der Waals surface area contributed by atoms with Crippen LogP contribution in [-0.4, -0.2) is 21.6 Å². The van der Waals surface area contributed by atoms with Crippen molar-refractivity contribution in [1.82, 2.24) is 9.55 Å². The molecule has 0 bridgehead atoms. The third-order valence-corrected chi connectivity index (χ3v) is 4.11. The van der Waals surface area contributed by atoms with Crippen LogP contribution < -0.4 is 0 Å². The van der Waals surface area contributed by atoms with E-state index in [9.17, 15) is 18.8 Å². The first-order valence-corrected chi connectivity index (χ1v) is 8.12. The highest BCUT2D eigenvalue weighted by molar-refractivity contribution is 7.98. The number of ketones is 1. The van der Waals surface area contributed by atoms with Crippen LogP contribution >= 0.6 is 11.8 Å². The third-order valence-electron chi connectivity index (χ3n) is 3.49. The molecule has 0 saturated heterocycles. The number of nitriles is 1. The second-order valence-electron chi connectivity index (χ2n) is 4.86. The molecule has 122 valence electrons. The monoisotopic (exact) mass is 347 g/mol. The molecule has 3 rings (SSSR count). The van der Waals surface area contributed by atoms with E-state index < -0.39 is 18.3 Å². The number of aromatic nitrogens is 2. The Morgan fingerprint density at radius 2 is 2.08 bits per heavy atom. The van der Waals surface area contributed by atoms with E-state index in [-0.39, 0.29) is 17.1 Å². The van der Waals surface area contributed by atoms with Crippen molar-refractivity contribution in [2.75, 3.05) is 6.26 Å². The van der Waals surface area contributed by atoms with Gasteiger partial charge in [0, 0.05) is 0 Å². The molecule has 0 aliphatic heterocycles. The Kier molecular flexibility index (Phi) is 4.36. The molecule has 0 saturated carbocycles. The highest BCUT2D eigenvalue weighted by Gasteiger charge is 2.32. The van der Waals surface area contributed by atoms with E-state index in [0.717, 1.165) is 0 Å². The Hall–Kier alpha value is -2.66. The summed E-state index contributed by atoms with van der Waals surface area (Å²) >= 11 is 1.29. The van der Waals surface area contributed by atoms with Crippen LogP contribution in [0.5, 0.6) is 0 Å². The van der Waals surface area contributed by atoms with Gasteiger partial charge in [0.2, 0.25) is 5.78 Å². The molecular weight excluding hydrogens is 336 g/mol. The van der Waals surface area contributed by atoms with Gasteiger partial charge in [-0.15, -0.1) is 0 Å². The topological polar surface area (TPSA) is 71.8 Å². The lowest BCUT2D eigenvalue weighted by molar-refractivity contribution is 0.0698. The van der Waals surface area contributed by atoms with Gasteiger partial charge in [-0.25, -0.2) is 4.98 Å². The number of carbonyl (C=O) groups excluding carboxylic acids is 1. The minimum absolute atomic E-state index is 0.0567. The molecule has 0 radical (unpaired) electrons. The van der Waals surface area contributed by atoms with Crippen LogP contribution in [-0.2, 0) is 0 Å². The third kappa shape index (κ3) is 2.67. The summed E-state index contributed by atoms with van der Waals surface area (Å²) < 4.78 is 32.9. The van der Waals surface area contributed by atoms with Gasteiger partial charge in [0.25, 0.3) is 0 Å². The number of imidazole rings is 1. The highest BCUT2D eigenvalue weighted by Crippen LogP contribution is 2.30. The number of para-hydroxylation sites is 2. The van der Waals surface area contributed by atoms with Crippen molar-refractivity contribution in [3.8, 4) is 6.07 Å². The standard InChI is InChI=1S/C16H11F2N3O2S/c1-24-13-7-6-12(23-13)14(22)9(8-19)15-20-10-4-2-3-5-11(10)21(15)16(17)18/h2-7,9,16H,1H3/t9-/m1/s1. The zero-order chi connectivity index (χ0) is 17.3. The van der Waals surface area contributed by atoms with Crippen molar-refractivity contribution < 1.29 is 18.0 Å². The van der Waals surface area contributed by atoms with E-state index in [1.54, 1.807) is 36.6 Å². The predicted octanol–water partition coefficient (Wildman–Crippen LogP) is 4.24. The van der Waals surface area contributed by atoms with E-state index in [1.807, 2.05) is 0 Å². The number of rotatable bonds is 5. The van der Waals surface area contributed by atoms with E-state index in [2.05, 4.69) is 4.98 Å². The summed E-state index contributed by atoms with van der Waals surface area (Å²) in [6.07, 6.45) is 1.77. The number of hydrogen-bond donors (Lipinski definition) is 0. The smallest absolute Gasteiger partial charge is 0.320 e. The molecule has 5 nitrogen and oxygen atoms in total. The Morgan fingerprint density at radius 1 is 1.33 bits per heavy atom. The van der Waals surface area contributed by atoms with Gasteiger partial charge >= 0.3 is 6.55 Å². The zero-order valence-corrected chi connectivity index (χ0v) is 13.3. The molecule has 0 fully saturated rings. The Bertz CT molecular complexity index is 942. The summed E-state index contributed by atoms with van der Waals surface area (Å²) in [5.74, 6) is -2.53. The van der Waals surface area contributed by atoms with Crippen molar-refractivity contribution in [1.29, 1.82) is 5.26 Å². The number of fused-ring (bicyclic) bond motifs is 1. The predicted molar refractivity (Wildman–Crippen MR) is 84.2 cm³/mol. The van der Waals surface area contributed by atoms with Gasteiger partial charge in [-0.3, -0.25) is 9.36 Å². The maximum Gasteiger partial charge on any atom is 0.320 e. The van der Waals surface area contributed by atoms with Gasteiger partial charge in [-0.2, -0.15) is 14.0 Å². The minimum atomic E-state index is -2.92. The van der Waals surface area contributed by atoms with Gasteiger partial charge in [0.1, 0.15) is 5.82 Å². The first kappa shape index (κ1) is 16.2. The molecule has 0 aliphatic rings. The zero-order valence-electron chi connectivity index (χ0n) is 12.4. The van der Waals surface area contributed by atoms with Gasteiger partial charge in [0.05, 0.1) is 17.1 Å². The van der Waals surface area contributed by atoms with Crippen molar-refractivity contribution in [2.45, 2.75) is 17.6 Å².